The van der Waals surface area contributed by atoms with Gasteiger partial charge in [-0.3, -0.25) is 9.48 Å². The number of fused-ring (bicyclic) bond motifs is 1. The summed E-state index contributed by atoms with van der Waals surface area (Å²) in [6, 6.07) is 8.04. The highest BCUT2D eigenvalue weighted by Gasteiger charge is 2.33. The first kappa shape index (κ1) is 18.0. The van der Waals surface area contributed by atoms with Crippen LogP contribution < -0.4 is 0 Å². The van der Waals surface area contributed by atoms with Crippen molar-refractivity contribution in [2.24, 2.45) is 7.05 Å². The molecule has 4 aromatic rings. The fraction of sp³-hybridized carbons (Fsp3) is 0.273. The molecule has 0 aliphatic carbocycles. The standard InChI is InChI=1S/C22H21N5OS/c1-14-5-6-16-17(11-18(25-19(16)10-14)15-12-24-26(2)13-15)22(28)27-8-3-4-20(27)21-23-7-9-29-21/h5-7,9-13,20H,3-4,8H2,1-2H3/t20-/m1/s1. The summed E-state index contributed by atoms with van der Waals surface area (Å²) in [5, 5.41) is 8.14. The molecule has 0 radical (unpaired) electrons. The van der Waals surface area contributed by atoms with Crippen LogP contribution in [-0.2, 0) is 7.05 Å². The number of nitrogens with zero attached hydrogens (tertiary/aromatic N) is 5. The first-order valence-electron chi connectivity index (χ1n) is 9.71. The van der Waals surface area contributed by atoms with E-state index in [0.29, 0.717) is 5.56 Å². The van der Waals surface area contributed by atoms with Crippen molar-refractivity contribution in [1.29, 1.82) is 0 Å². The largest absolute Gasteiger partial charge is 0.329 e. The van der Waals surface area contributed by atoms with Gasteiger partial charge in [0.15, 0.2) is 0 Å². The molecular weight excluding hydrogens is 382 g/mol. The number of amides is 1. The molecule has 29 heavy (non-hydrogen) atoms. The number of likely N-dealkylation sites (tertiary alicyclic amines) is 1. The number of hydrogen-bond donors (Lipinski definition) is 0. The summed E-state index contributed by atoms with van der Waals surface area (Å²) in [7, 11) is 1.88. The van der Waals surface area contributed by atoms with Crippen molar-refractivity contribution in [1.82, 2.24) is 24.6 Å². The van der Waals surface area contributed by atoms with Crippen molar-refractivity contribution in [3.63, 3.8) is 0 Å². The molecule has 0 N–H and O–H groups in total. The molecule has 1 fully saturated rings. The Hall–Kier alpha value is -3.06. The number of hydrogen-bond acceptors (Lipinski definition) is 5. The maximum absolute atomic E-state index is 13.7. The van der Waals surface area contributed by atoms with E-state index < -0.39 is 0 Å². The summed E-state index contributed by atoms with van der Waals surface area (Å²) in [5.74, 6) is 0.0455. The molecule has 4 heterocycles. The summed E-state index contributed by atoms with van der Waals surface area (Å²) in [4.78, 5) is 25.0. The van der Waals surface area contributed by atoms with Crippen molar-refractivity contribution >= 4 is 28.1 Å². The van der Waals surface area contributed by atoms with Gasteiger partial charge in [-0.1, -0.05) is 12.1 Å². The number of aryl methyl sites for hydroxylation is 2. The zero-order valence-electron chi connectivity index (χ0n) is 16.4. The third kappa shape index (κ3) is 3.21. The van der Waals surface area contributed by atoms with Gasteiger partial charge in [0.2, 0.25) is 0 Å². The second kappa shape index (κ2) is 7.08. The average Bonchev–Trinajstić information content (AvgIpc) is 3.47. The minimum atomic E-state index is 0.0455. The lowest BCUT2D eigenvalue weighted by molar-refractivity contribution is 0.0737. The maximum atomic E-state index is 13.7. The number of rotatable bonds is 3. The van der Waals surface area contributed by atoms with Crippen LogP contribution in [0.3, 0.4) is 0 Å². The number of thiazole rings is 1. The normalized spacial score (nSPS) is 16.6. The maximum Gasteiger partial charge on any atom is 0.255 e. The van der Waals surface area contributed by atoms with Gasteiger partial charge in [0, 0.05) is 42.3 Å². The smallest absolute Gasteiger partial charge is 0.255 e. The van der Waals surface area contributed by atoms with Gasteiger partial charge in [0.25, 0.3) is 5.91 Å². The second-order valence-electron chi connectivity index (χ2n) is 7.51. The van der Waals surface area contributed by atoms with Gasteiger partial charge >= 0.3 is 0 Å². The minimum absolute atomic E-state index is 0.0455. The Labute approximate surface area is 172 Å². The monoisotopic (exact) mass is 403 g/mol. The Morgan fingerprint density at radius 2 is 2.17 bits per heavy atom. The predicted octanol–water partition coefficient (Wildman–Crippen LogP) is 4.38. The van der Waals surface area contributed by atoms with E-state index in [9.17, 15) is 4.79 Å². The summed E-state index contributed by atoms with van der Waals surface area (Å²) in [6.45, 7) is 2.79. The first-order valence-corrected chi connectivity index (χ1v) is 10.6. The molecule has 1 aliphatic rings. The second-order valence-corrected chi connectivity index (χ2v) is 8.43. The van der Waals surface area contributed by atoms with Gasteiger partial charge in [-0.2, -0.15) is 5.10 Å². The van der Waals surface area contributed by atoms with Gasteiger partial charge in [-0.15, -0.1) is 11.3 Å². The summed E-state index contributed by atoms with van der Waals surface area (Å²) in [5.41, 5.74) is 4.32. The summed E-state index contributed by atoms with van der Waals surface area (Å²) >= 11 is 1.62. The highest BCUT2D eigenvalue weighted by atomic mass is 32.1. The molecule has 6 nitrogen and oxygen atoms in total. The molecule has 0 saturated carbocycles. The summed E-state index contributed by atoms with van der Waals surface area (Å²) in [6.07, 6.45) is 7.47. The van der Waals surface area contributed by atoms with Gasteiger partial charge in [-0.05, 0) is 37.5 Å². The van der Waals surface area contributed by atoms with E-state index in [-0.39, 0.29) is 11.9 Å². The van der Waals surface area contributed by atoms with E-state index in [1.807, 2.05) is 60.9 Å². The van der Waals surface area contributed by atoms with Crippen LogP contribution in [-0.4, -0.2) is 37.1 Å². The number of aromatic nitrogens is 4. The molecule has 1 aliphatic heterocycles. The van der Waals surface area contributed by atoms with E-state index in [4.69, 9.17) is 4.98 Å². The Balaban J connectivity index is 1.64. The topological polar surface area (TPSA) is 63.9 Å². The van der Waals surface area contributed by atoms with Crippen LogP contribution in [0.2, 0.25) is 0 Å². The lowest BCUT2D eigenvalue weighted by Crippen LogP contribution is -2.30. The molecule has 0 bridgehead atoms. The fourth-order valence-corrected chi connectivity index (χ4v) is 4.82. The zero-order chi connectivity index (χ0) is 20.0. The summed E-state index contributed by atoms with van der Waals surface area (Å²) < 4.78 is 1.75. The van der Waals surface area contributed by atoms with E-state index in [0.717, 1.165) is 52.1 Å². The number of carbonyl (C=O) groups excluding carboxylic acids is 1. The Morgan fingerprint density at radius 3 is 2.93 bits per heavy atom. The molecule has 1 saturated heterocycles. The van der Waals surface area contributed by atoms with Crippen LogP contribution in [0.1, 0.15) is 39.8 Å². The van der Waals surface area contributed by atoms with Crippen molar-refractivity contribution in [3.05, 3.63) is 64.4 Å². The third-order valence-corrected chi connectivity index (χ3v) is 6.32. The quantitative estimate of drug-likeness (QED) is 0.509. The number of pyridine rings is 1. The van der Waals surface area contributed by atoms with Crippen molar-refractivity contribution in [2.75, 3.05) is 6.54 Å². The molecule has 5 rings (SSSR count). The molecule has 1 aromatic carbocycles. The molecule has 1 amide bonds. The molecule has 3 aromatic heterocycles. The molecule has 1 atom stereocenters. The van der Waals surface area contributed by atoms with Crippen molar-refractivity contribution < 1.29 is 4.79 Å². The van der Waals surface area contributed by atoms with Gasteiger partial charge in [0.1, 0.15) is 5.01 Å². The fourth-order valence-electron chi connectivity index (χ4n) is 4.04. The Kier molecular flexibility index (Phi) is 4.39. The Morgan fingerprint density at radius 1 is 1.28 bits per heavy atom. The van der Waals surface area contributed by atoms with E-state index in [1.54, 1.807) is 22.2 Å². The highest BCUT2D eigenvalue weighted by Crippen LogP contribution is 2.35. The molecular formula is C22H21N5OS. The van der Waals surface area contributed by atoms with Gasteiger partial charge in [0.05, 0.1) is 29.0 Å². The van der Waals surface area contributed by atoms with Gasteiger partial charge < -0.3 is 4.90 Å². The lowest BCUT2D eigenvalue weighted by Gasteiger charge is -2.24. The van der Waals surface area contributed by atoms with Crippen LogP contribution in [0.15, 0.2) is 48.2 Å². The number of carbonyl (C=O) groups is 1. The number of benzene rings is 1. The predicted molar refractivity (Wildman–Crippen MR) is 114 cm³/mol. The van der Waals surface area contributed by atoms with Crippen LogP contribution in [0.5, 0.6) is 0 Å². The molecule has 146 valence electrons. The molecule has 0 spiro atoms. The van der Waals surface area contributed by atoms with Crippen LogP contribution in [0.4, 0.5) is 0 Å². The molecule has 7 heteroatoms. The minimum Gasteiger partial charge on any atom is -0.329 e. The van der Waals surface area contributed by atoms with Crippen molar-refractivity contribution in [3.8, 4) is 11.3 Å². The van der Waals surface area contributed by atoms with Crippen LogP contribution >= 0.6 is 11.3 Å². The SMILES string of the molecule is Cc1ccc2c(C(=O)N3CCC[C@@H]3c3nccs3)cc(-c3cnn(C)c3)nc2c1. The van der Waals surface area contributed by atoms with E-state index in [1.165, 1.54) is 0 Å². The van der Waals surface area contributed by atoms with Gasteiger partial charge in [-0.25, -0.2) is 9.97 Å². The Bertz CT molecular complexity index is 1200. The van der Waals surface area contributed by atoms with Crippen molar-refractivity contribution in [2.45, 2.75) is 25.8 Å². The first-order chi connectivity index (χ1) is 14.1. The molecule has 0 unspecified atom stereocenters. The third-order valence-electron chi connectivity index (χ3n) is 5.45. The average molecular weight is 404 g/mol. The zero-order valence-corrected chi connectivity index (χ0v) is 17.2. The highest BCUT2D eigenvalue weighted by molar-refractivity contribution is 7.09. The van der Waals surface area contributed by atoms with E-state index >= 15 is 0 Å². The lowest BCUT2D eigenvalue weighted by atomic mass is 10.0. The van der Waals surface area contributed by atoms with E-state index in [2.05, 4.69) is 10.1 Å². The van der Waals surface area contributed by atoms with Crippen LogP contribution in [0.25, 0.3) is 22.2 Å². The van der Waals surface area contributed by atoms with Crippen LogP contribution in [0, 0.1) is 6.92 Å².